The minimum atomic E-state index is -1.16. The third kappa shape index (κ3) is 4.04. The van der Waals surface area contributed by atoms with Crippen molar-refractivity contribution in [3.63, 3.8) is 0 Å². The summed E-state index contributed by atoms with van der Waals surface area (Å²) in [7, 11) is 0. The van der Waals surface area contributed by atoms with E-state index in [4.69, 9.17) is 4.74 Å². The number of carboxylic acid groups (broad SMARTS) is 1. The standard InChI is InChI=1S/C16H20N2O6S/c1-3-24-15(19)11-7-8-17(16(20)21)14(11)12-9-10(18(22)23)5-6-13(12)25-4-2/h5-6,9,11,14H,3-4,7-8H2,1-2H3,(H,20,21). The third-order valence-electron chi connectivity index (χ3n) is 4.06. The molecule has 2 rings (SSSR count). The van der Waals surface area contributed by atoms with Crippen LogP contribution >= 0.6 is 11.8 Å². The summed E-state index contributed by atoms with van der Waals surface area (Å²) < 4.78 is 5.08. The number of nitro benzene ring substituents is 1. The fraction of sp³-hybridized carbons (Fsp3) is 0.500. The number of carbonyl (C=O) groups is 2. The Morgan fingerprint density at radius 3 is 2.72 bits per heavy atom. The van der Waals surface area contributed by atoms with E-state index in [2.05, 4.69) is 0 Å². The molecule has 0 radical (unpaired) electrons. The SMILES string of the molecule is CCOC(=O)C1CCN(C(=O)O)C1c1cc([N+](=O)[O-])ccc1SCC. The van der Waals surface area contributed by atoms with Gasteiger partial charge >= 0.3 is 12.1 Å². The van der Waals surface area contributed by atoms with Crippen molar-refractivity contribution in [2.75, 3.05) is 18.9 Å². The highest BCUT2D eigenvalue weighted by atomic mass is 32.2. The van der Waals surface area contributed by atoms with Gasteiger partial charge in [0.1, 0.15) is 0 Å². The number of likely N-dealkylation sites (tertiary alicyclic amines) is 1. The third-order valence-corrected chi connectivity index (χ3v) is 5.03. The number of esters is 1. The van der Waals surface area contributed by atoms with Gasteiger partial charge in [-0.05, 0) is 30.7 Å². The number of amides is 1. The average molecular weight is 368 g/mol. The van der Waals surface area contributed by atoms with E-state index in [9.17, 15) is 24.8 Å². The first-order valence-electron chi connectivity index (χ1n) is 7.98. The Hall–Kier alpha value is -2.29. The molecule has 0 saturated carbocycles. The number of nitrogens with zero attached hydrogens (tertiary/aromatic N) is 2. The fourth-order valence-electron chi connectivity index (χ4n) is 3.06. The molecule has 1 saturated heterocycles. The summed E-state index contributed by atoms with van der Waals surface area (Å²) in [6.45, 7) is 3.99. The van der Waals surface area contributed by atoms with Crippen LogP contribution in [0.5, 0.6) is 0 Å². The molecule has 1 aliphatic rings. The summed E-state index contributed by atoms with van der Waals surface area (Å²) in [4.78, 5) is 36.5. The smallest absolute Gasteiger partial charge is 0.407 e. The lowest BCUT2D eigenvalue weighted by molar-refractivity contribution is -0.385. The van der Waals surface area contributed by atoms with E-state index in [0.29, 0.717) is 17.7 Å². The lowest BCUT2D eigenvalue weighted by atomic mass is 9.93. The van der Waals surface area contributed by atoms with Crippen molar-refractivity contribution in [3.05, 3.63) is 33.9 Å². The Morgan fingerprint density at radius 1 is 1.44 bits per heavy atom. The number of rotatable bonds is 6. The Bertz CT molecular complexity index is 681. The number of benzene rings is 1. The zero-order chi connectivity index (χ0) is 18.6. The van der Waals surface area contributed by atoms with Crippen LogP contribution in [0.3, 0.4) is 0 Å². The predicted octanol–water partition coefficient (Wildman–Crippen LogP) is 3.31. The first-order chi connectivity index (χ1) is 11.9. The zero-order valence-electron chi connectivity index (χ0n) is 14.0. The van der Waals surface area contributed by atoms with E-state index >= 15 is 0 Å². The van der Waals surface area contributed by atoms with Gasteiger partial charge in [-0.15, -0.1) is 11.8 Å². The van der Waals surface area contributed by atoms with E-state index in [0.717, 1.165) is 4.90 Å². The second kappa shape index (κ2) is 8.19. The predicted molar refractivity (Wildman–Crippen MR) is 91.7 cm³/mol. The van der Waals surface area contributed by atoms with E-state index in [-0.39, 0.29) is 18.8 Å². The molecule has 0 spiro atoms. The molecule has 0 aromatic heterocycles. The Kier molecular flexibility index (Phi) is 6.24. The number of thioether (sulfide) groups is 1. The van der Waals surface area contributed by atoms with Crippen molar-refractivity contribution in [2.24, 2.45) is 5.92 Å². The maximum atomic E-state index is 12.3. The number of ether oxygens (including phenoxy) is 1. The van der Waals surface area contributed by atoms with Gasteiger partial charge in [-0.2, -0.15) is 0 Å². The molecule has 8 nitrogen and oxygen atoms in total. The maximum Gasteiger partial charge on any atom is 0.407 e. The monoisotopic (exact) mass is 368 g/mol. The largest absolute Gasteiger partial charge is 0.466 e. The summed E-state index contributed by atoms with van der Waals surface area (Å²) >= 11 is 1.46. The molecular weight excluding hydrogens is 348 g/mol. The van der Waals surface area contributed by atoms with Crippen LogP contribution in [0.1, 0.15) is 31.9 Å². The number of carbonyl (C=O) groups excluding carboxylic acids is 1. The molecule has 1 fully saturated rings. The molecule has 2 unspecified atom stereocenters. The molecule has 1 N–H and O–H groups in total. The van der Waals surface area contributed by atoms with Crippen LogP contribution in [0.4, 0.5) is 10.5 Å². The van der Waals surface area contributed by atoms with Gasteiger partial charge in [0, 0.05) is 23.6 Å². The Morgan fingerprint density at radius 2 is 2.16 bits per heavy atom. The van der Waals surface area contributed by atoms with Crippen LogP contribution in [0.2, 0.25) is 0 Å². The quantitative estimate of drug-likeness (QED) is 0.355. The van der Waals surface area contributed by atoms with E-state index in [1.807, 2.05) is 6.92 Å². The molecule has 0 aliphatic carbocycles. The number of nitro groups is 1. The molecule has 9 heteroatoms. The highest BCUT2D eigenvalue weighted by Gasteiger charge is 2.44. The van der Waals surface area contributed by atoms with Crippen LogP contribution in [-0.2, 0) is 9.53 Å². The highest BCUT2D eigenvalue weighted by Crippen LogP contribution is 2.43. The van der Waals surface area contributed by atoms with Crippen LogP contribution in [0, 0.1) is 16.0 Å². The van der Waals surface area contributed by atoms with Crippen molar-refractivity contribution in [3.8, 4) is 0 Å². The summed E-state index contributed by atoms with van der Waals surface area (Å²) in [6, 6.07) is 3.59. The number of hydrogen-bond donors (Lipinski definition) is 1. The van der Waals surface area contributed by atoms with Crippen molar-refractivity contribution in [2.45, 2.75) is 31.2 Å². The summed E-state index contributed by atoms with van der Waals surface area (Å²) in [5.41, 5.74) is 0.356. The van der Waals surface area contributed by atoms with Gasteiger partial charge in [0.2, 0.25) is 0 Å². The van der Waals surface area contributed by atoms with Crippen molar-refractivity contribution in [1.82, 2.24) is 4.90 Å². The highest BCUT2D eigenvalue weighted by molar-refractivity contribution is 7.99. The molecule has 1 aliphatic heterocycles. The number of non-ortho nitro benzene ring substituents is 1. The first kappa shape index (κ1) is 19.0. The molecule has 25 heavy (non-hydrogen) atoms. The van der Waals surface area contributed by atoms with Crippen LogP contribution in [-0.4, -0.2) is 45.9 Å². The van der Waals surface area contributed by atoms with Gasteiger partial charge in [-0.1, -0.05) is 6.92 Å². The Labute approximate surface area is 149 Å². The molecule has 1 heterocycles. The van der Waals surface area contributed by atoms with Gasteiger partial charge in [0.05, 0.1) is 23.5 Å². The molecule has 136 valence electrons. The molecule has 2 atom stereocenters. The van der Waals surface area contributed by atoms with Gasteiger partial charge in [-0.25, -0.2) is 4.79 Å². The van der Waals surface area contributed by atoms with Crippen LogP contribution < -0.4 is 0 Å². The molecular formula is C16H20N2O6S. The Balaban J connectivity index is 2.54. The molecule has 0 bridgehead atoms. The molecule has 1 aromatic carbocycles. The van der Waals surface area contributed by atoms with E-state index < -0.39 is 28.9 Å². The van der Waals surface area contributed by atoms with Gasteiger partial charge < -0.3 is 14.7 Å². The van der Waals surface area contributed by atoms with Crippen molar-refractivity contribution >= 4 is 29.5 Å². The van der Waals surface area contributed by atoms with E-state index in [1.165, 1.54) is 28.8 Å². The maximum absolute atomic E-state index is 12.3. The van der Waals surface area contributed by atoms with Crippen molar-refractivity contribution in [1.29, 1.82) is 0 Å². The lowest BCUT2D eigenvalue weighted by Crippen LogP contribution is -2.33. The average Bonchev–Trinajstić information content (AvgIpc) is 3.00. The zero-order valence-corrected chi connectivity index (χ0v) is 14.8. The van der Waals surface area contributed by atoms with Crippen LogP contribution in [0.15, 0.2) is 23.1 Å². The molecule has 1 aromatic rings. The fourth-order valence-corrected chi connectivity index (χ4v) is 3.88. The van der Waals surface area contributed by atoms with Gasteiger partial charge in [0.25, 0.3) is 5.69 Å². The second-order valence-corrected chi connectivity index (χ2v) is 6.79. The first-order valence-corrected chi connectivity index (χ1v) is 8.96. The summed E-state index contributed by atoms with van der Waals surface area (Å²) in [6.07, 6.45) is -0.829. The molecule has 1 amide bonds. The summed E-state index contributed by atoms with van der Waals surface area (Å²) in [5.74, 6) is -0.432. The van der Waals surface area contributed by atoms with Crippen molar-refractivity contribution < 1.29 is 24.4 Å². The minimum Gasteiger partial charge on any atom is -0.466 e. The number of hydrogen-bond acceptors (Lipinski definition) is 6. The van der Waals surface area contributed by atoms with Crippen LogP contribution in [0.25, 0.3) is 0 Å². The minimum absolute atomic E-state index is 0.129. The topological polar surface area (TPSA) is 110 Å². The lowest BCUT2D eigenvalue weighted by Gasteiger charge is -2.27. The van der Waals surface area contributed by atoms with Gasteiger partial charge in [-0.3, -0.25) is 14.9 Å². The van der Waals surface area contributed by atoms with E-state index in [1.54, 1.807) is 13.0 Å². The second-order valence-electron chi connectivity index (χ2n) is 5.48. The normalized spacial score (nSPS) is 19.7. The van der Waals surface area contributed by atoms with Gasteiger partial charge in [0.15, 0.2) is 0 Å². The summed E-state index contributed by atoms with van der Waals surface area (Å²) in [5, 5.41) is 20.7.